The first-order chi connectivity index (χ1) is 12.5. The lowest BCUT2D eigenvalue weighted by molar-refractivity contribution is 0.0943. The summed E-state index contributed by atoms with van der Waals surface area (Å²) in [5.41, 5.74) is 1.89. The van der Waals surface area contributed by atoms with Crippen LogP contribution in [0.4, 0.5) is 4.39 Å². The van der Waals surface area contributed by atoms with Crippen LogP contribution in [0.2, 0.25) is 0 Å². The summed E-state index contributed by atoms with van der Waals surface area (Å²) in [6.07, 6.45) is 3.69. The van der Waals surface area contributed by atoms with Crippen molar-refractivity contribution < 1.29 is 13.9 Å². The summed E-state index contributed by atoms with van der Waals surface area (Å²) in [5.74, 6) is -0.585. The molecule has 0 aliphatic heterocycles. The molecular formula is C18H20FN5O2. The van der Waals surface area contributed by atoms with Gasteiger partial charge in [-0.3, -0.25) is 14.6 Å². The van der Waals surface area contributed by atoms with Crippen molar-refractivity contribution in [2.75, 3.05) is 6.54 Å². The molecule has 2 heterocycles. The van der Waals surface area contributed by atoms with E-state index in [1.165, 1.54) is 12.1 Å². The summed E-state index contributed by atoms with van der Waals surface area (Å²) < 4.78 is 20.7. The number of ether oxygens (including phenoxy) is 1. The van der Waals surface area contributed by atoms with E-state index >= 15 is 0 Å². The van der Waals surface area contributed by atoms with E-state index < -0.39 is 5.82 Å². The second-order valence-electron chi connectivity index (χ2n) is 6.05. The number of aromatic nitrogens is 4. The summed E-state index contributed by atoms with van der Waals surface area (Å²) in [5, 5.41) is 13.7. The van der Waals surface area contributed by atoms with Crippen LogP contribution in [0.25, 0.3) is 0 Å². The molecule has 0 radical (unpaired) electrons. The number of H-pyrrole nitrogens is 1. The molecule has 8 heteroatoms. The van der Waals surface area contributed by atoms with Gasteiger partial charge in [-0.2, -0.15) is 10.2 Å². The zero-order chi connectivity index (χ0) is 18.5. The van der Waals surface area contributed by atoms with Crippen LogP contribution in [0, 0.1) is 12.7 Å². The van der Waals surface area contributed by atoms with Gasteiger partial charge in [0.05, 0.1) is 17.9 Å². The van der Waals surface area contributed by atoms with Gasteiger partial charge in [0.15, 0.2) is 11.6 Å². The van der Waals surface area contributed by atoms with Crippen LogP contribution < -0.4 is 10.1 Å². The lowest BCUT2D eigenvalue weighted by Crippen LogP contribution is -2.30. The number of nitrogens with one attached hydrogen (secondary N) is 2. The smallest absolute Gasteiger partial charge is 0.271 e. The molecule has 0 aliphatic carbocycles. The second kappa shape index (κ2) is 7.81. The zero-order valence-electron chi connectivity index (χ0n) is 14.6. The highest BCUT2D eigenvalue weighted by Crippen LogP contribution is 2.16. The van der Waals surface area contributed by atoms with Crippen molar-refractivity contribution in [3.8, 4) is 5.75 Å². The Kier molecular flexibility index (Phi) is 5.31. The van der Waals surface area contributed by atoms with Gasteiger partial charge in [0, 0.05) is 12.7 Å². The predicted molar refractivity (Wildman–Crippen MR) is 93.3 cm³/mol. The standard InChI is InChI=1S/C18H20FN5O2/c1-12-8-21-24(10-12)13(2)9-20-18(25)16-7-14(22-23-16)11-26-17-6-4-3-5-15(17)19/h3-8,10,13H,9,11H2,1-2H3,(H,20,25)(H,22,23)/t13-/m1/s1. The number of hydrogen-bond acceptors (Lipinski definition) is 4. The van der Waals surface area contributed by atoms with Crippen LogP contribution in [0.3, 0.4) is 0 Å². The van der Waals surface area contributed by atoms with Crippen LogP contribution in [0.5, 0.6) is 5.75 Å². The Morgan fingerprint density at radius 2 is 2.23 bits per heavy atom. The Morgan fingerprint density at radius 1 is 1.42 bits per heavy atom. The Hall–Kier alpha value is -3.16. The molecule has 7 nitrogen and oxygen atoms in total. The minimum Gasteiger partial charge on any atom is -0.484 e. The third-order valence-corrected chi connectivity index (χ3v) is 3.82. The molecule has 0 saturated carbocycles. The van der Waals surface area contributed by atoms with E-state index in [1.54, 1.807) is 29.1 Å². The molecule has 3 rings (SSSR count). The number of rotatable bonds is 7. The third-order valence-electron chi connectivity index (χ3n) is 3.82. The van der Waals surface area contributed by atoms with Crippen molar-refractivity contribution in [1.29, 1.82) is 0 Å². The first-order valence-electron chi connectivity index (χ1n) is 8.23. The van der Waals surface area contributed by atoms with Crippen LogP contribution in [-0.2, 0) is 6.61 Å². The maximum absolute atomic E-state index is 13.5. The molecule has 0 saturated heterocycles. The number of carbonyl (C=O) groups is 1. The number of hydrogen-bond donors (Lipinski definition) is 2. The monoisotopic (exact) mass is 357 g/mol. The van der Waals surface area contributed by atoms with Gasteiger partial charge in [-0.05, 0) is 37.6 Å². The molecule has 26 heavy (non-hydrogen) atoms. The molecule has 2 aromatic heterocycles. The molecule has 2 N–H and O–H groups in total. The largest absolute Gasteiger partial charge is 0.484 e. The number of para-hydroxylation sites is 1. The highest BCUT2D eigenvalue weighted by Gasteiger charge is 2.13. The lowest BCUT2D eigenvalue weighted by Gasteiger charge is -2.12. The molecule has 1 amide bonds. The van der Waals surface area contributed by atoms with Gasteiger partial charge >= 0.3 is 0 Å². The number of amides is 1. The number of halogens is 1. The molecule has 3 aromatic rings. The summed E-state index contributed by atoms with van der Waals surface area (Å²) in [7, 11) is 0. The SMILES string of the molecule is Cc1cnn([C@H](C)CNC(=O)c2cc(COc3ccccc3F)[nH]n2)c1. The van der Waals surface area contributed by atoms with Gasteiger partial charge < -0.3 is 10.1 Å². The van der Waals surface area contributed by atoms with E-state index in [1.807, 2.05) is 20.0 Å². The van der Waals surface area contributed by atoms with Gasteiger partial charge in [0.1, 0.15) is 12.3 Å². The average Bonchev–Trinajstić information content (AvgIpc) is 3.28. The number of nitrogens with zero attached hydrogens (tertiary/aromatic N) is 3. The van der Waals surface area contributed by atoms with Crippen molar-refractivity contribution >= 4 is 5.91 Å². The van der Waals surface area contributed by atoms with E-state index in [-0.39, 0.29) is 30.0 Å². The van der Waals surface area contributed by atoms with Crippen molar-refractivity contribution in [1.82, 2.24) is 25.3 Å². The Morgan fingerprint density at radius 3 is 2.96 bits per heavy atom. The first kappa shape index (κ1) is 17.7. The molecule has 136 valence electrons. The molecular weight excluding hydrogens is 337 g/mol. The third kappa shape index (κ3) is 4.27. The maximum atomic E-state index is 13.5. The summed E-state index contributed by atoms with van der Waals surface area (Å²) in [6, 6.07) is 7.74. The Labute approximate surface area is 150 Å². The van der Waals surface area contributed by atoms with E-state index in [2.05, 4.69) is 20.6 Å². The minimum absolute atomic E-state index is 0.0236. The topological polar surface area (TPSA) is 84.8 Å². The Balaban J connectivity index is 1.52. The quantitative estimate of drug-likeness (QED) is 0.681. The molecule has 1 atom stereocenters. The summed E-state index contributed by atoms with van der Waals surface area (Å²) in [6.45, 7) is 4.44. The van der Waals surface area contributed by atoms with Gasteiger partial charge in [-0.1, -0.05) is 12.1 Å². The number of benzene rings is 1. The van der Waals surface area contributed by atoms with E-state index in [4.69, 9.17) is 4.74 Å². The highest BCUT2D eigenvalue weighted by molar-refractivity contribution is 5.92. The van der Waals surface area contributed by atoms with Crippen molar-refractivity contribution in [2.45, 2.75) is 26.5 Å². The molecule has 0 unspecified atom stereocenters. The molecule has 0 fully saturated rings. The normalized spacial score (nSPS) is 12.0. The van der Waals surface area contributed by atoms with Gasteiger partial charge in [-0.25, -0.2) is 4.39 Å². The number of carbonyl (C=O) groups excluding carboxylic acids is 1. The highest BCUT2D eigenvalue weighted by atomic mass is 19.1. The molecule has 1 aromatic carbocycles. The van der Waals surface area contributed by atoms with Crippen molar-refractivity contribution in [3.63, 3.8) is 0 Å². The predicted octanol–water partition coefficient (Wildman–Crippen LogP) is 2.62. The zero-order valence-corrected chi connectivity index (χ0v) is 14.6. The van der Waals surface area contributed by atoms with Gasteiger partial charge in [-0.15, -0.1) is 0 Å². The van der Waals surface area contributed by atoms with E-state index in [0.29, 0.717) is 12.2 Å². The van der Waals surface area contributed by atoms with Crippen LogP contribution in [0.15, 0.2) is 42.7 Å². The van der Waals surface area contributed by atoms with Gasteiger partial charge in [0.25, 0.3) is 5.91 Å². The van der Waals surface area contributed by atoms with Crippen LogP contribution in [-0.4, -0.2) is 32.4 Å². The van der Waals surface area contributed by atoms with Crippen LogP contribution in [0.1, 0.15) is 34.7 Å². The fourth-order valence-corrected chi connectivity index (χ4v) is 2.37. The summed E-state index contributed by atoms with van der Waals surface area (Å²) >= 11 is 0. The van der Waals surface area contributed by atoms with Gasteiger partial charge in [0.2, 0.25) is 0 Å². The number of aryl methyl sites for hydroxylation is 1. The number of aromatic amines is 1. The molecule has 0 bridgehead atoms. The van der Waals surface area contributed by atoms with Crippen molar-refractivity contribution in [3.05, 3.63) is 65.5 Å². The average molecular weight is 357 g/mol. The molecule has 0 spiro atoms. The fraction of sp³-hybridized carbons (Fsp3) is 0.278. The van der Waals surface area contributed by atoms with Crippen molar-refractivity contribution in [2.24, 2.45) is 0 Å². The molecule has 0 aliphatic rings. The second-order valence-corrected chi connectivity index (χ2v) is 6.05. The maximum Gasteiger partial charge on any atom is 0.271 e. The summed E-state index contributed by atoms with van der Waals surface area (Å²) in [4.78, 5) is 12.2. The lowest BCUT2D eigenvalue weighted by atomic mass is 10.3. The minimum atomic E-state index is -0.437. The van der Waals surface area contributed by atoms with Crippen LogP contribution >= 0.6 is 0 Å². The van der Waals surface area contributed by atoms with E-state index in [9.17, 15) is 9.18 Å². The fourth-order valence-electron chi connectivity index (χ4n) is 2.37. The van der Waals surface area contributed by atoms with E-state index in [0.717, 1.165) is 5.56 Å². The first-order valence-corrected chi connectivity index (χ1v) is 8.23. The Bertz CT molecular complexity index is 889.